The van der Waals surface area contributed by atoms with Gasteiger partial charge in [0.15, 0.2) is 0 Å². The standard InChI is InChI=1S/C18H30O2/c1-12-8-9-18(14(3)13(12)2)15(4)16(5)20-11-17-7-6-10-19-17/h6-7,10,12-16,18H,8-9,11H2,1-5H3. The van der Waals surface area contributed by atoms with Crippen LogP contribution in [-0.2, 0) is 11.3 Å². The third kappa shape index (κ3) is 3.46. The Bertz CT molecular complexity index is 384. The van der Waals surface area contributed by atoms with Gasteiger partial charge < -0.3 is 9.15 Å². The summed E-state index contributed by atoms with van der Waals surface area (Å²) in [6.07, 6.45) is 4.71. The van der Waals surface area contributed by atoms with Crippen LogP contribution in [0.4, 0.5) is 0 Å². The highest BCUT2D eigenvalue weighted by Gasteiger charge is 2.36. The van der Waals surface area contributed by atoms with E-state index < -0.39 is 0 Å². The maximum Gasteiger partial charge on any atom is 0.129 e. The highest BCUT2D eigenvalue weighted by atomic mass is 16.5. The Morgan fingerprint density at radius 1 is 1.20 bits per heavy atom. The summed E-state index contributed by atoms with van der Waals surface area (Å²) in [6.45, 7) is 12.4. The first-order valence-corrected chi connectivity index (χ1v) is 8.14. The minimum Gasteiger partial charge on any atom is -0.467 e. The Morgan fingerprint density at radius 2 is 1.95 bits per heavy atom. The van der Waals surface area contributed by atoms with Crippen molar-refractivity contribution in [3.63, 3.8) is 0 Å². The first-order chi connectivity index (χ1) is 9.50. The second-order valence-corrected chi connectivity index (χ2v) is 6.89. The molecule has 0 radical (unpaired) electrons. The summed E-state index contributed by atoms with van der Waals surface area (Å²) in [7, 11) is 0. The van der Waals surface area contributed by atoms with Crippen molar-refractivity contribution < 1.29 is 9.15 Å². The molecule has 1 aliphatic rings. The van der Waals surface area contributed by atoms with Gasteiger partial charge in [-0.05, 0) is 55.1 Å². The van der Waals surface area contributed by atoms with Gasteiger partial charge in [0.05, 0.1) is 12.4 Å². The van der Waals surface area contributed by atoms with Gasteiger partial charge in [0, 0.05) is 0 Å². The van der Waals surface area contributed by atoms with Crippen LogP contribution in [0.5, 0.6) is 0 Å². The van der Waals surface area contributed by atoms with Gasteiger partial charge in [0.1, 0.15) is 12.4 Å². The lowest BCUT2D eigenvalue weighted by atomic mass is 9.64. The molecule has 0 N–H and O–H groups in total. The van der Waals surface area contributed by atoms with Crippen LogP contribution in [-0.4, -0.2) is 6.10 Å². The van der Waals surface area contributed by atoms with Crippen molar-refractivity contribution in [2.75, 3.05) is 0 Å². The smallest absolute Gasteiger partial charge is 0.129 e. The van der Waals surface area contributed by atoms with Crippen molar-refractivity contribution in [1.29, 1.82) is 0 Å². The van der Waals surface area contributed by atoms with Crippen LogP contribution in [0.15, 0.2) is 22.8 Å². The average molecular weight is 278 g/mol. The molecule has 1 fully saturated rings. The highest BCUT2D eigenvalue weighted by molar-refractivity contribution is 4.96. The van der Waals surface area contributed by atoms with E-state index in [4.69, 9.17) is 9.15 Å². The number of hydrogen-bond acceptors (Lipinski definition) is 2. The van der Waals surface area contributed by atoms with E-state index in [0.29, 0.717) is 12.5 Å². The molecule has 0 bridgehead atoms. The van der Waals surface area contributed by atoms with E-state index in [9.17, 15) is 0 Å². The predicted octanol–water partition coefficient (Wildman–Crippen LogP) is 5.14. The van der Waals surface area contributed by atoms with Crippen LogP contribution < -0.4 is 0 Å². The quantitative estimate of drug-likeness (QED) is 0.744. The molecular formula is C18H30O2. The molecule has 0 aliphatic heterocycles. The molecule has 20 heavy (non-hydrogen) atoms. The van der Waals surface area contributed by atoms with Crippen LogP contribution >= 0.6 is 0 Å². The largest absolute Gasteiger partial charge is 0.467 e. The van der Waals surface area contributed by atoms with Crippen LogP contribution in [0.25, 0.3) is 0 Å². The van der Waals surface area contributed by atoms with Crippen molar-refractivity contribution in [2.45, 2.75) is 60.2 Å². The number of hydrogen-bond donors (Lipinski definition) is 0. The van der Waals surface area contributed by atoms with Crippen LogP contribution in [0, 0.1) is 29.6 Å². The summed E-state index contributed by atoms with van der Waals surface area (Å²) in [5.74, 6) is 4.80. The summed E-state index contributed by atoms with van der Waals surface area (Å²) in [6, 6.07) is 3.89. The SMILES string of the molecule is CC1CCC(C(C)C(C)OCc2ccco2)C(C)C1C. The van der Waals surface area contributed by atoms with E-state index >= 15 is 0 Å². The van der Waals surface area contributed by atoms with Gasteiger partial charge in [0.2, 0.25) is 0 Å². The van der Waals surface area contributed by atoms with Gasteiger partial charge in [-0.1, -0.05) is 34.1 Å². The summed E-state index contributed by atoms with van der Waals surface area (Å²) >= 11 is 0. The number of furan rings is 1. The van der Waals surface area contributed by atoms with Gasteiger partial charge in [-0.15, -0.1) is 0 Å². The molecule has 2 nitrogen and oxygen atoms in total. The molecule has 1 saturated carbocycles. The minimum atomic E-state index is 0.285. The van der Waals surface area contributed by atoms with E-state index in [2.05, 4.69) is 34.6 Å². The Balaban J connectivity index is 1.87. The average Bonchev–Trinajstić information content (AvgIpc) is 2.95. The van der Waals surface area contributed by atoms with Crippen LogP contribution in [0.3, 0.4) is 0 Å². The highest BCUT2D eigenvalue weighted by Crippen LogP contribution is 2.42. The maximum absolute atomic E-state index is 6.02. The lowest BCUT2D eigenvalue weighted by molar-refractivity contribution is -0.0339. The molecule has 2 rings (SSSR count). The van der Waals surface area contributed by atoms with E-state index in [-0.39, 0.29) is 6.10 Å². The van der Waals surface area contributed by atoms with Gasteiger partial charge in [-0.2, -0.15) is 0 Å². The fraction of sp³-hybridized carbons (Fsp3) is 0.778. The number of rotatable bonds is 5. The Labute approximate surface area is 123 Å². The topological polar surface area (TPSA) is 22.4 Å². The zero-order chi connectivity index (χ0) is 14.7. The number of ether oxygens (including phenoxy) is 1. The molecule has 2 heteroatoms. The first-order valence-electron chi connectivity index (χ1n) is 8.14. The van der Waals surface area contributed by atoms with Crippen LogP contribution in [0.1, 0.15) is 53.2 Å². The third-order valence-electron chi connectivity index (χ3n) is 5.84. The molecule has 1 heterocycles. The fourth-order valence-electron chi connectivity index (χ4n) is 3.74. The second kappa shape index (κ2) is 6.80. The molecule has 6 atom stereocenters. The molecule has 1 aromatic rings. The van der Waals surface area contributed by atoms with Crippen molar-refractivity contribution in [3.05, 3.63) is 24.2 Å². The van der Waals surface area contributed by atoms with E-state index in [1.54, 1.807) is 6.26 Å². The Morgan fingerprint density at radius 3 is 2.60 bits per heavy atom. The zero-order valence-electron chi connectivity index (χ0n) is 13.6. The lowest BCUT2D eigenvalue weighted by Gasteiger charge is -2.43. The van der Waals surface area contributed by atoms with Crippen molar-refractivity contribution in [1.82, 2.24) is 0 Å². The van der Waals surface area contributed by atoms with E-state index in [1.165, 1.54) is 12.8 Å². The normalized spacial score (nSPS) is 33.9. The van der Waals surface area contributed by atoms with Gasteiger partial charge in [-0.3, -0.25) is 0 Å². The summed E-state index contributed by atoms with van der Waals surface area (Å²) < 4.78 is 11.4. The second-order valence-electron chi connectivity index (χ2n) is 6.89. The van der Waals surface area contributed by atoms with Gasteiger partial charge >= 0.3 is 0 Å². The van der Waals surface area contributed by atoms with Crippen molar-refractivity contribution in [2.24, 2.45) is 29.6 Å². The van der Waals surface area contributed by atoms with Gasteiger partial charge in [-0.25, -0.2) is 0 Å². The Hall–Kier alpha value is -0.760. The molecule has 0 amide bonds. The Kier molecular flexibility index (Phi) is 5.31. The lowest BCUT2D eigenvalue weighted by Crippen LogP contribution is -2.37. The van der Waals surface area contributed by atoms with Crippen molar-refractivity contribution in [3.8, 4) is 0 Å². The first kappa shape index (κ1) is 15.6. The van der Waals surface area contributed by atoms with Gasteiger partial charge in [0.25, 0.3) is 0 Å². The fourth-order valence-corrected chi connectivity index (χ4v) is 3.74. The molecular weight excluding hydrogens is 248 g/mol. The molecule has 6 unspecified atom stereocenters. The summed E-state index contributed by atoms with van der Waals surface area (Å²) in [5.41, 5.74) is 0. The maximum atomic E-state index is 6.02. The minimum absolute atomic E-state index is 0.285. The summed E-state index contributed by atoms with van der Waals surface area (Å²) in [5, 5.41) is 0. The molecule has 0 saturated heterocycles. The zero-order valence-corrected chi connectivity index (χ0v) is 13.6. The third-order valence-corrected chi connectivity index (χ3v) is 5.84. The molecule has 0 aromatic carbocycles. The molecule has 1 aliphatic carbocycles. The monoisotopic (exact) mass is 278 g/mol. The van der Waals surface area contributed by atoms with Crippen molar-refractivity contribution >= 4 is 0 Å². The van der Waals surface area contributed by atoms with Crippen LogP contribution in [0.2, 0.25) is 0 Å². The molecule has 0 spiro atoms. The van der Waals surface area contributed by atoms with E-state index in [1.807, 2.05) is 12.1 Å². The predicted molar refractivity (Wildman–Crippen MR) is 82.3 cm³/mol. The molecule has 114 valence electrons. The summed E-state index contributed by atoms with van der Waals surface area (Å²) in [4.78, 5) is 0. The van der Waals surface area contributed by atoms with E-state index in [0.717, 1.165) is 29.4 Å². The molecule has 1 aromatic heterocycles.